The number of hydrogen-bond acceptors (Lipinski definition) is 5. The number of ether oxygens (including phenoxy) is 1. The lowest BCUT2D eigenvalue weighted by Crippen LogP contribution is -2.49. The summed E-state index contributed by atoms with van der Waals surface area (Å²) < 4.78 is 7.10. The van der Waals surface area contributed by atoms with Crippen molar-refractivity contribution in [2.75, 3.05) is 38.2 Å². The largest absolute Gasteiger partial charge is 0.497 e. The summed E-state index contributed by atoms with van der Waals surface area (Å²) in [6.07, 6.45) is 5.16. The van der Waals surface area contributed by atoms with E-state index in [2.05, 4.69) is 15.1 Å². The zero-order chi connectivity index (χ0) is 20.1. The Morgan fingerprint density at radius 3 is 2.21 bits per heavy atom. The Morgan fingerprint density at radius 2 is 1.59 bits per heavy atom. The van der Waals surface area contributed by atoms with E-state index in [0.717, 1.165) is 42.5 Å². The maximum Gasteiger partial charge on any atom is 0.223 e. The van der Waals surface area contributed by atoms with Crippen molar-refractivity contribution in [1.29, 1.82) is 0 Å². The molecule has 0 unspecified atom stereocenters. The van der Waals surface area contributed by atoms with Gasteiger partial charge in [-0.15, -0.1) is 10.2 Å². The quantitative estimate of drug-likeness (QED) is 0.646. The summed E-state index contributed by atoms with van der Waals surface area (Å²) in [5.41, 5.74) is 1.15. The van der Waals surface area contributed by atoms with Gasteiger partial charge in [0.1, 0.15) is 5.75 Å². The number of benzene rings is 1. The molecule has 0 saturated carbocycles. The van der Waals surface area contributed by atoms with E-state index < -0.39 is 0 Å². The van der Waals surface area contributed by atoms with Crippen LogP contribution in [0.4, 0.5) is 5.82 Å². The third kappa shape index (κ3) is 4.56. The lowest BCUT2D eigenvalue weighted by Gasteiger charge is -2.35. The maximum absolute atomic E-state index is 12.6. The molecule has 0 spiro atoms. The van der Waals surface area contributed by atoms with Crippen molar-refractivity contribution in [3.63, 3.8) is 0 Å². The summed E-state index contributed by atoms with van der Waals surface area (Å²) in [7, 11) is 1.65. The number of carbonyl (C=O) groups is 1. The topological polar surface area (TPSA) is 63.5 Å². The zero-order valence-corrected chi connectivity index (χ0v) is 16.6. The third-order valence-electron chi connectivity index (χ3n) is 5.25. The number of aromatic nitrogens is 3. The molecule has 29 heavy (non-hydrogen) atoms. The van der Waals surface area contributed by atoms with Crippen molar-refractivity contribution in [1.82, 2.24) is 19.7 Å². The molecule has 0 atom stereocenters. The average Bonchev–Trinajstić information content (AvgIpc) is 3.33. The number of nitrogens with zero attached hydrogens (tertiary/aromatic N) is 5. The Morgan fingerprint density at radius 1 is 0.931 bits per heavy atom. The SMILES string of the molecule is COc1ccc(CCC(=O)N2CCN(c3ccc(-n4cccc4)nn3)CC2)cc1. The predicted octanol–water partition coefficient (Wildman–Crippen LogP) is 2.56. The van der Waals surface area contributed by atoms with Gasteiger partial charge in [0.25, 0.3) is 0 Å². The first-order chi connectivity index (χ1) is 14.2. The molecule has 0 aliphatic carbocycles. The fourth-order valence-corrected chi connectivity index (χ4v) is 3.50. The fourth-order valence-electron chi connectivity index (χ4n) is 3.50. The highest BCUT2D eigenvalue weighted by atomic mass is 16.5. The van der Waals surface area contributed by atoms with Gasteiger partial charge in [-0.1, -0.05) is 12.1 Å². The van der Waals surface area contributed by atoms with Crippen LogP contribution in [0.15, 0.2) is 60.9 Å². The van der Waals surface area contributed by atoms with Crippen molar-refractivity contribution in [3.05, 3.63) is 66.5 Å². The van der Waals surface area contributed by atoms with Crippen molar-refractivity contribution >= 4 is 11.7 Å². The minimum absolute atomic E-state index is 0.203. The van der Waals surface area contributed by atoms with E-state index >= 15 is 0 Å². The number of hydrogen-bond donors (Lipinski definition) is 0. The lowest BCUT2D eigenvalue weighted by molar-refractivity contribution is -0.131. The third-order valence-corrected chi connectivity index (χ3v) is 5.25. The molecular formula is C22H25N5O2. The minimum Gasteiger partial charge on any atom is -0.497 e. The molecule has 1 aliphatic rings. The summed E-state index contributed by atoms with van der Waals surface area (Å²) in [6, 6.07) is 15.8. The number of methoxy groups -OCH3 is 1. The molecule has 7 heteroatoms. The number of carbonyl (C=O) groups excluding carboxylic acids is 1. The van der Waals surface area contributed by atoms with Crippen molar-refractivity contribution in [3.8, 4) is 11.6 Å². The van der Waals surface area contributed by atoms with E-state index in [1.54, 1.807) is 7.11 Å². The molecule has 0 radical (unpaired) electrons. The summed E-state index contributed by atoms with van der Waals surface area (Å²) in [5, 5.41) is 8.67. The van der Waals surface area contributed by atoms with Crippen molar-refractivity contribution in [2.45, 2.75) is 12.8 Å². The van der Waals surface area contributed by atoms with Gasteiger partial charge in [-0.05, 0) is 48.4 Å². The van der Waals surface area contributed by atoms with E-state index in [9.17, 15) is 4.79 Å². The van der Waals surface area contributed by atoms with E-state index in [4.69, 9.17) is 4.74 Å². The predicted molar refractivity (Wildman–Crippen MR) is 111 cm³/mol. The summed E-state index contributed by atoms with van der Waals surface area (Å²) >= 11 is 0. The number of rotatable bonds is 6. The van der Waals surface area contributed by atoms with Crippen molar-refractivity contribution in [2.24, 2.45) is 0 Å². The molecule has 0 N–H and O–H groups in total. The average molecular weight is 391 g/mol. The molecule has 1 aromatic carbocycles. The van der Waals surface area contributed by atoms with Crippen LogP contribution in [0.3, 0.4) is 0 Å². The molecule has 3 aromatic rings. The summed E-state index contributed by atoms with van der Waals surface area (Å²) in [6.45, 7) is 2.96. The normalized spacial score (nSPS) is 14.1. The molecule has 1 fully saturated rings. The lowest BCUT2D eigenvalue weighted by atomic mass is 10.1. The van der Waals surface area contributed by atoms with Gasteiger partial charge in [-0.2, -0.15) is 0 Å². The van der Waals surface area contributed by atoms with Crippen LogP contribution in [0.25, 0.3) is 5.82 Å². The van der Waals surface area contributed by atoms with Crippen LogP contribution in [0.2, 0.25) is 0 Å². The highest BCUT2D eigenvalue weighted by molar-refractivity contribution is 5.76. The van der Waals surface area contributed by atoms with Gasteiger partial charge < -0.3 is 19.1 Å². The minimum atomic E-state index is 0.203. The molecule has 0 bridgehead atoms. The molecule has 150 valence electrons. The Bertz CT molecular complexity index is 915. The van der Waals surface area contributed by atoms with E-state index in [-0.39, 0.29) is 5.91 Å². The summed E-state index contributed by atoms with van der Waals surface area (Å²) in [5.74, 6) is 2.69. The highest BCUT2D eigenvalue weighted by Crippen LogP contribution is 2.16. The van der Waals surface area contributed by atoms with Gasteiger partial charge in [0.05, 0.1) is 7.11 Å². The summed E-state index contributed by atoms with van der Waals surface area (Å²) in [4.78, 5) is 16.7. The molecule has 1 saturated heterocycles. The second-order valence-corrected chi connectivity index (χ2v) is 7.06. The standard InChI is InChI=1S/C22H25N5O2/c1-29-19-7-4-18(5-8-19)6-11-22(28)27-16-14-26(15-17-27)21-10-9-20(23-24-21)25-12-2-3-13-25/h2-5,7-10,12-13H,6,11,14-17H2,1H3. The monoisotopic (exact) mass is 391 g/mol. The van der Waals surface area contributed by atoms with Crippen LogP contribution in [0, 0.1) is 0 Å². The number of anilines is 1. The van der Waals surface area contributed by atoms with Gasteiger partial charge >= 0.3 is 0 Å². The van der Waals surface area contributed by atoms with Crippen LogP contribution < -0.4 is 9.64 Å². The van der Waals surface area contributed by atoms with Crippen LogP contribution >= 0.6 is 0 Å². The first-order valence-electron chi connectivity index (χ1n) is 9.85. The maximum atomic E-state index is 12.6. The smallest absolute Gasteiger partial charge is 0.223 e. The Balaban J connectivity index is 1.26. The van der Waals surface area contributed by atoms with Gasteiger partial charge in [0.2, 0.25) is 5.91 Å². The number of aryl methyl sites for hydroxylation is 1. The first-order valence-corrected chi connectivity index (χ1v) is 9.85. The second kappa shape index (κ2) is 8.77. The highest BCUT2D eigenvalue weighted by Gasteiger charge is 2.22. The Kier molecular flexibility index (Phi) is 5.74. The van der Waals surface area contributed by atoms with Crippen LogP contribution in [-0.4, -0.2) is 58.9 Å². The van der Waals surface area contributed by atoms with Gasteiger partial charge in [-0.3, -0.25) is 4.79 Å². The molecule has 1 amide bonds. The molecule has 4 rings (SSSR count). The van der Waals surface area contributed by atoms with Crippen LogP contribution in [0.1, 0.15) is 12.0 Å². The Labute approximate surface area is 170 Å². The number of amides is 1. The second-order valence-electron chi connectivity index (χ2n) is 7.06. The molecule has 7 nitrogen and oxygen atoms in total. The molecule has 2 aromatic heterocycles. The van der Waals surface area contributed by atoms with E-state index in [1.165, 1.54) is 0 Å². The number of piperazine rings is 1. The zero-order valence-electron chi connectivity index (χ0n) is 16.6. The molecular weight excluding hydrogens is 366 g/mol. The van der Waals surface area contributed by atoms with Gasteiger partial charge in [-0.25, -0.2) is 0 Å². The van der Waals surface area contributed by atoms with Crippen molar-refractivity contribution < 1.29 is 9.53 Å². The van der Waals surface area contributed by atoms with Crippen LogP contribution in [-0.2, 0) is 11.2 Å². The molecule has 1 aliphatic heterocycles. The fraction of sp³-hybridized carbons (Fsp3) is 0.318. The Hall–Kier alpha value is -3.35. The van der Waals surface area contributed by atoms with Crippen LogP contribution in [0.5, 0.6) is 5.75 Å². The van der Waals surface area contributed by atoms with Gasteiger partial charge in [0.15, 0.2) is 11.6 Å². The van der Waals surface area contributed by atoms with Gasteiger partial charge in [0, 0.05) is 45.0 Å². The van der Waals surface area contributed by atoms with E-state index in [1.807, 2.05) is 70.4 Å². The first kappa shape index (κ1) is 19.0. The molecule has 3 heterocycles. The van der Waals surface area contributed by atoms with E-state index in [0.29, 0.717) is 19.5 Å².